The summed E-state index contributed by atoms with van der Waals surface area (Å²) in [6.07, 6.45) is 2.89. The Morgan fingerprint density at radius 1 is 1.09 bits per heavy atom. The molecule has 0 amide bonds. The van der Waals surface area contributed by atoms with E-state index in [4.69, 9.17) is 20.8 Å². The van der Waals surface area contributed by atoms with Crippen LogP contribution in [0.3, 0.4) is 0 Å². The Bertz CT molecular complexity index is 939. The second kappa shape index (κ2) is 6.50. The summed E-state index contributed by atoms with van der Waals surface area (Å²) in [5.74, 6) is -0.418. The molecule has 1 heterocycles. The topological polar surface area (TPSA) is 56.5 Å². The summed E-state index contributed by atoms with van der Waals surface area (Å²) in [6.45, 7) is 0. The summed E-state index contributed by atoms with van der Waals surface area (Å²) in [7, 11) is 0. The fourth-order valence-electron chi connectivity index (χ4n) is 2.05. The molecule has 0 spiro atoms. The average molecular weight is 327 g/mol. The summed E-state index contributed by atoms with van der Waals surface area (Å²) >= 11 is 5.80. The molecule has 0 saturated heterocycles. The lowest BCUT2D eigenvalue weighted by molar-refractivity contribution is -0.128. The second-order valence-corrected chi connectivity index (χ2v) is 5.17. The second-order valence-electron chi connectivity index (χ2n) is 4.73. The van der Waals surface area contributed by atoms with Crippen molar-refractivity contribution in [3.63, 3.8) is 0 Å². The number of ether oxygens (including phenoxy) is 1. The van der Waals surface area contributed by atoms with Gasteiger partial charge in [0.2, 0.25) is 0 Å². The van der Waals surface area contributed by atoms with Gasteiger partial charge >= 0.3 is 11.6 Å². The van der Waals surface area contributed by atoms with E-state index in [0.717, 1.165) is 11.6 Å². The van der Waals surface area contributed by atoms with Crippen molar-refractivity contribution in [2.75, 3.05) is 0 Å². The van der Waals surface area contributed by atoms with Crippen molar-refractivity contribution in [3.05, 3.63) is 81.7 Å². The van der Waals surface area contributed by atoms with Gasteiger partial charge in [0, 0.05) is 11.1 Å². The van der Waals surface area contributed by atoms with E-state index in [1.54, 1.807) is 54.6 Å². The molecule has 0 unspecified atom stereocenters. The van der Waals surface area contributed by atoms with Gasteiger partial charge in [-0.15, -0.1) is 0 Å². The monoisotopic (exact) mass is 326 g/mol. The van der Waals surface area contributed by atoms with Crippen molar-refractivity contribution in [1.82, 2.24) is 0 Å². The van der Waals surface area contributed by atoms with Crippen LogP contribution < -0.4 is 10.4 Å². The number of para-hydroxylation sites is 1. The molecular formula is C18H11ClO4. The first-order chi connectivity index (χ1) is 11.1. The van der Waals surface area contributed by atoms with E-state index >= 15 is 0 Å². The highest BCUT2D eigenvalue weighted by atomic mass is 35.5. The zero-order valence-corrected chi connectivity index (χ0v) is 12.6. The van der Waals surface area contributed by atoms with E-state index in [2.05, 4.69) is 0 Å². The van der Waals surface area contributed by atoms with Crippen molar-refractivity contribution in [3.8, 4) is 5.75 Å². The summed E-state index contributed by atoms with van der Waals surface area (Å²) in [5, 5.41) is 1.17. The van der Waals surface area contributed by atoms with Crippen molar-refractivity contribution >= 4 is 34.6 Å². The predicted octanol–water partition coefficient (Wildman–Crippen LogP) is 4.07. The third-order valence-corrected chi connectivity index (χ3v) is 3.36. The fraction of sp³-hybridized carbons (Fsp3) is 0. The van der Waals surface area contributed by atoms with Crippen LogP contribution in [0.25, 0.3) is 17.0 Å². The quantitative estimate of drug-likeness (QED) is 0.413. The van der Waals surface area contributed by atoms with Crippen molar-refractivity contribution < 1.29 is 13.9 Å². The van der Waals surface area contributed by atoms with E-state index in [1.165, 1.54) is 6.08 Å². The maximum atomic E-state index is 11.9. The van der Waals surface area contributed by atoms with Crippen LogP contribution in [0.15, 0.2) is 69.9 Å². The Morgan fingerprint density at radius 2 is 1.83 bits per heavy atom. The molecule has 3 rings (SSSR count). The van der Waals surface area contributed by atoms with Crippen LogP contribution in [0.2, 0.25) is 5.02 Å². The first-order valence-corrected chi connectivity index (χ1v) is 7.18. The predicted molar refractivity (Wildman–Crippen MR) is 88.6 cm³/mol. The fourth-order valence-corrected chi connectivity index (χ4v) is 2.17. The van der Waals surface area contributed by atoms with E-state index in [9.17, 15) is 9.59 Å². The van der Waals surface area contributed by atoms with Gasteiger partial charge in [-0.2, -0.15) is 0 Å². The van der Waals surface area contributed by atoms with E-state index in [-0.39, 0.29) is 5.75 Å². The molecule has 0 bridgehead atoms. The van der Waals surface area contributed by atoms with E-state index in [0.29, 0.717) is 16.0 Å². The number of carbonyl (C=O) groups excluding carboxylic acids is 1. The molecule has 1 aromatic heterocycles. The van der Waals surface area contributed by atoms with Crippen molar-refractivity contribution in [1.29, 1.82) is 0 Å². The number of halogens is 1. The van der Waals surface area contributed by atoms with Gasteiger partial charge in [-0.05, 0) is 35.9 Å². The molecule has 0 aliphatic heterocycles. The lowest BCUT2D eigenvalue weighted by Gasteiger charge is -2.04. The number of hydrogen-bond acceptors (Lipinski definition) is 4. The molecule has 3 aromatic rings. The Morgan fingerprint density at radius 3 is 2.61 bits per heavy atom. The summed E-state index contributed by atoms with van der Waals surface area (Å²) < 4.78 is 10.3. The Labute approximate surface area is 136 Å². The largest absolute Gasteiger partial charge is 0.422 e. The molecule has 5 heteroatoms. The first kappa shape index (κ1) is 15.1. The minimum Gasteiger partial charge on any atom is -0.422 e. The molecule has 2 aromatic carbocycles. The van der Waals surface area contributed by atoms with Gasteiger partial charge in [0.15, 0.2) is 0 Å². The molecule has 0 fully saturated rings. The molecule has 4 nitrogen and oxygen atoms in total. The summed E-state index contributed by atoms with van der Waals surface area (Å²) in [6, 6.07) is 15.0. The summed E-state index contributed by atoms with van der Waals surface area (Å²) in [5.41, 5.74) is 0.599. The maximum Gasteiger partial charge on any atom is 0.339 e. The van der Waals surface area contributed by atoms with E-state index < -0.39 is 11.6 Å². The van der Waals surface area contributed by atoms with Crippen molar-refractivity contribution in [2.45, 2.75) is 0 Å². The van der Waals surface area contributed by atoms with Gasteiger partial charge < -0.3 is 9.15 Å². The van der Waals surface area contributed by atoms with Gasteiger partial charge in [0.1, 0.15) is 11.3 Å². The lowest BCUT2D eigenvalue weighted by atomic mass is 10.2. The van der Waals surface area contributed by atoms with Crippen LogP contribution >= 0.6 is 11.6 Å². The zero-order chi connectivity index (χ0) is 16.2. The van der Waals surface area contributed by atoms with Gasteiger partial charge in [-0.1, -0.05) is 35.9 Å². The van der Waals surface area contributed by atoms with Crippen LogP contribution in [-0.4, -0.2) is 5.97 Å². The highest BCUT2D eigenvalue weighted by Gasteiger charge is 2.09. The highest BCUT2D eigenvalue weighted by molar-refractivity contribution is 6.30. The van der Waals surface area contributed by atoms with Crippen LogP contribution in [-0.2, 0) is 4.79 Å². The minimum absolute atomic E-state index is 0.169. The molecule has 0 N–H and O–H groups in total. The molecule has 0 saturated carbocycles. The van der Waals surface area contributed by atoms with Crippen LogP contribution in [0.4, 0.5) is 0 Å². The van der Waals surface area contributed by atoms with Crippen molar-refractivity contribution in [2.24, 2.45) is 0 Å². The third kappa shape index (κ3) is 3.67. The first-order valence-electron chi connectivity index (χ1n) is 6.80. The average Bonchev–Trinajstić information content (AvgIpc) is 2.54. The van der Waals surface area contributed by atoms with Gasteiger partial charge in [0.25, 0.3) is 0 Å². The molecule has 0 aliphatic carbocycles. The molecule has 114 valence electrons. The minimum atomic E-state index is -0.587. The number of benzene rings is 2. The Kier molecular flexibility index (Phi) is 4.26. The number of rotatable bonds is 3. The smallest absolute Gasteiger partial charge is 0.339 e. The van der Waals surface area contributed by atoms with Gasteiger partial charge in [0.05, 0.1) is 11.5 Å². The standard InChI is InChI=1S/C18H11ClO4/c19-13-8-5-12(6-9-13)7-10-17(20)23-16-11-18(21)22-15-4-2-1-3-14(15)16/h1-11H/b10-7+. The summed E-state index contributed by atoms with van der Waals surface area (Å²) in [4.78, 5) is 23.4. The number of esters is 1. The zero-order valence-electron chi connectivity index (χ0n) is 11.9. The van der Waals surface area contributed by atoms with Gasteiger partial charge in [-0.25, -0.2) is 9.59 Å². The molecular weight excluding hydrogens is 316 g/mol. The molecule has 0 radical (unpaired) electrons. The Balaban J connectivity index is 1.83. The number of hydrogen-bond donors (Lipinski definition) is 0. The number of carbonyl (C=O) groups is 1. The maximum absolute atomic E-state index is 11.9. The van der Waals surface area contributed by atoms with Crippen LogP contribution in [0.1, 0.15) is 5.56 Å². The SMILES string of the molecule is O=C(/C=C/c1ccc(Cl)cc1)Oc1cc(=O)oc2ccccc12. The highest BCUT2D eigenvalue weighted by Crippen LogP contribution is 2.23. The van der Waals surface area contributed by atoms with Gasteiger partial charge in [-0.3, -0.25) is 0 Å². The molecule has 0 atom stereocenters. The lowest BCUT2D eigenvalue weighted by Crippen LogP contribution is -2.07. The Hall–Kier alpha value is -2.85. The number of fused-ring (bicyclic) bond motifs is 1. The normalized spacial score (nSPS) is 11.0. The molecule has 23 heavy (non-hydrogen) atoms. The van der Waals surface area contributed by atoms with Crippen LogP contribution in [0.5, 0.6) is 5.75 Å². The van der Waals surface area contributed by atoms with E-state index in [1.807, 2.05) is 0 Å². The molecule has 0 aliphatic rings. The van der Waals surface area contributed by atoms with Crippen LogP contribution in [0, 0.1) is 0 Å². The third-order valence-electron chi connectivity index (χ3n) is 3.10.